The average Bonchev–Trinajstić information content (AvgIpc) is 3.27. The highest BCUT2D eigenvalue weighted by atomic mass is 19.2. The Balaban J connectivity index is 1.49. The van der Waals surface area contributed by atoms with Crippen molar-refractivity contribution < 1.29 is 46.6 Å². The van der Waals surface area contributed by atoms with E-state index in [-0.39, 0.29) is 37.8 Å². The number of rotatable bonds is 6. The van der Waals surface area contributed by atoms with E-state index in [1.54, 1.807) is 13.8 Å². The Morgan fingerprint density at radius 2 is 1.83 bits per heavy atom. The number of hydrogen-bond donors (Lipinski definition) is 4. The number of benzene rings is 1. The lowest BCUT2D eigenvalue weighted by Gasteiger charge is -2.26. The monoisotopic (exact) mass is 582 g/mol. The second kappa shape index (κ2) is 12.9. The first kappa shape index (κ1) is 30.3. The summed E-state index contributed by atoms with van der Waals surface area (Å²) >= 11 is 0. The van der Waals surface area contributed by atoms with Crippen LogP contribution in [0.2, 0.25) is 0 Å². The lowest BCUT2D eigenvalue weighted by Crippen LogP contribution is -2.56. The number of ketones is 1. The van der Waals surface area contributed by atoms with E-state index >= 15 is 0 Å². The summed E-state index contributed by atoms with van der Waals surface area (Å²) < 4.78 is 53.7. The summed E-state index contributed by atoms with van der Waals surface area (Å²) in [5.41, 5.74) is -0.396. The fourth-order valence-electron chi connectivity index (χ4n) is 5.29. The van der Waals surface area contributed by atoms with Crippen molar-refractivity contribution in [3.63, 3.8) is 0 Å². The summed E-state index contributed by atoms with van der Waals surface area (Å²) in [4.78, 5) is 64.1. The quantitative estimate of drug-likeness (QED) is 0.288. The minimum absolute atomic E-state index is 0.0615. The van der Waals surface area contributed by atoms with Crippen LogP contribution in [0.1, 0.15) is 57.6 Å². The number of amides is 4. The standard InChI is InChI=1S/C27H33F3N4O7/c1-12(2)6-19(34-27(39)26(38)31-14-4-3-5-40-10-14)25(37)32-17-7-13-8-18(33-24(13)36)21-15(28)9-16(29)22(30)23(21)41-11-20(17)35/h9,12-14,17-19H,3-8,10-11H2,1-2H3,(H,31,38)(H,32,37)(H,33,36)(H,34,39)/t13-,14-,17+,18?,19+/m1/s1. The minimum atomic E-state index is -1.52. The summed E-state index contributed by atoms with van der Waals surface area (Å²) in [7, 11) is 0. The first-order valence-corrected chi connectivity index (χ1v) is 13.6. The van der Waals surface area contributed by atoms with Gasteiger partial charge in [-0.05, 0) is 38.0 Å². The number of fused-ring (bicyclic) bond motifs is 4. The third-order valence-electron chi connectivity index (χ3n) is 7.34. The van der Waals surface area contributed by atoms with Gasteiger partial charge in [0.05, 0.1) is 30.3 Å². The van der Waals surface area contributed by atoms with Gasteiger partial charge in [0.1, 0.15) is 18.5 Å². The number of nitrogens with one attached hydrogen (secondary N) is 4. The molecule has 2 fully saturated rings. The molecule has 4 rings (SSSR count). The van der Waals surface area contributed by atoms with E-state index in [9.17, 15) is 37.1 Å². The van der Waals surface area contributed by atoms with Crippen molar-refractivity contribution in [3.05, 3.63) is 29.1 Å². The predicted octanol–water partition coefficient (Wildman–Crippen LogP) is 0.944. The molecule has 1 aromatic carbocycles. The number of hydrogen-bond acceptors (Lipinski definition) is 7. The number of halogens is 3. The molecule has 5 atom stereocenters. The molecular formula is C27H33F3N4O7. The molecule has 224 valence electrons. The van der Waals surface area contributed by atoms with Crippen LogP contribution in [0.25, 0.3) is 0 Å². The largest absolute Gasteiger partial charge is 0.482 e. The Morgan fingerprint density at radius 1 is 1.07 bits per heavy atom. The van der Waals surface area contributed by atoms with Crippen LogP contribution in [-0.4, -0.2) is 67.4 Å². The molecule has 0 radical (unpaired) electrons. The van der Waals surface area contributed by atoms with Crippen LogP contribution < -0.4 is 26.0 Å². The highest BCUT2D eigenvalue weighted by molar-refractivity contribution is 6.35. The Hall–Kier alpha value is -3.68. The number of carbonyl (C=O) groups excluding carboxylic acids is 5. The molecule has 0 aromatic heterocycles. The van der Waals surface area contributed by atoms with Crippen molar-refractivity contribution in [1.29, 1.82) is 0 Å². The molecule has 4 amide bonds. The van der Waals surface area contributed by atoms with Crippen molar-refractivity contribution >= 4 is 29.4 Å². The average molecular weight is 583 g/mol. The first-order chi connectivity index (χ1) is 19.4. The van der Waals surface area contributed by atoms with Gasteiger partial charge in [-0.25, -0.2) is 8.78 Å². The molecule has 0 spiro atoms. The van der Waals surface area contributed by atoms with Gasteiger partial charge in [-0.15, -0.1) is 0 Å². The predicted molar refractivity (Wildman–Crippen MR) is 136 cm³/mol. The summed E-state index contributed by atoms with van der Waals surface area (Å²) in [6.07, 6.45) is 1.25. The van der Waals surface area contributed by atoms with Crippen LogP contribution in [0.3, 0.4) is 0 Å². The van der Waals surface area contributed by atoms with Crippen molar-refractivity contribution in [3.8, 4) is 5.75 Å². The van der Waals surface area contributed by atoms with E-state index in [4.69, 9.17) is 9.47 Å². The van der Waals surface area contributed by atoms with E-state index in [1.165, 1.54) is 0 Å². The zero-order chi connectivity index (χ0) is 29.8. The highest BCUT2D eigenvalue weighted by Gasteiger charge is 2.41. The molecule has 0 saturated carbocycles. The smallest absolute Gasteiger partial charge is 0.309 e. The van der Waals surface area contributed by atoms with Gasteiger partial charge >= 0.3 is 11.8 Å². The fraction of sp³-hybridized carbons (Fsp3) is 0.593. The fourth-order valence-corrected chi connectivity index (χ4v) is 5.29. The Kier molecular flexibility index (Phi) is 9.51. The maximum atomic E-state index is 14.6. The van der Waals surface area contributed by atoms with E-state index in [1.807, 2.05) is 0 Å². The van der Waals surface area contributed by atoms with Crippen LogP contribution in [-0.2, 0) is 28.7 Å². The summed E-state index contributed by atoms with van der Waals surface area (Å²) in [5.74, 6) is -10.0. The molecule has 0 aliphatic carbocycles. The Labute approximate surface area is 234 Å². The minimum Gasteiger partial charge on any atom is -0.482 e. The van der Waals surface area contributed by atoms with Crippen molar-refractivity contribution in [2.75, 3.05) is 19.8 Å². The first-order valence-electron chi connectivity index (χ1n) is 13.6. The summed E-state index contributed by atoms with van der Waals surface area (Å²) in [5, 5.41) is 10.0. The molecule has 41 heavy (non-hydrogen) atoms. The number of carbonyl (C=O) groups is 5. The molecule has 2 saturated heterocycles. The third kappa shape index (κ3) is 7.16. The van der Waals surface area contributed by atoms with Gasteiger partial charge in [0.15, 0.2) is 17.3 Å². The molecule has 3 aliphatic rings. The zero-order valence-corrected chi connectivity index (χ0v) is 22.7. The molecule has 3 aliphatic heterocycles. The highest BCUT2D eigenvalue weighted by Crippen LogP contribution is 2.40. The topological polar surface area (TPSA) is 152 Å². The Bertz CT molecular complexity index is 1220. The number of Topliss-reactive ketones (excluding diaryl/α,β-unsaturated/α-hetero) is 1. The second-order valence-electron chi connectivity index (χ2n) is 11.0. The van der Waals surface area contributed by atoms with Crippen molar-refractivity contribution in [2.24, 2.45) is 11.8 Å². The van der Waals surface area contributed by atoms with Gasteiger partial charge in [-0.1, -0.05) is 13.8 Å². The molecule has 4 N–H and O–H groups in total. The second-order valence-corrected chi connectivity index (χ2v) is 11.0. The van der Waals surface area contributed by atoms with Gasteiger partial charge in [0.2, 0.25) is 17.6 Å². The van der Waals surface area contributed by atoms with Gasteiger partial charge in [0.25, 0.3) is 0 Å². The SMILES string of the molecule is CC(C)C[C@H](NC(=O)C(=O)N[C@@H]1CCCOC1)C(=O)N[C@H]1C[C@@H]2CC(NC2=O)c2c(F)cc(F)c(F)c2OCC1=O. The van der Waals surface area contributed by atoms with Crippen LogP contribution in [0, 0.1) is 29.3 Å². The van der Waals surface area contributed by atoms with Crippen molar-refractivity contribution in [2.45, 2.75) is 70.1 Å². The molecule has 11 nitrogen and oxygen atoms in total. The molecule has 3 heterocycles. The van der Waals surface area contributed by atoms with Gasteiger partial charge in [0, 0.05) is 18.6 Å². The molecule has 2 bridgehead atoms. The van der Waals surface area contributed by atoms with E-state index in [0.29, 0.717) is 19.1 Å². The maximum absolute atomic E-state index is 14.6. The van der Waals surface area contributed by atoms with Gasteiger partial charge < -0.3 is 30.7 Å². The number of ether oxygens (including phenoxy) is 2. The Morgan fingerprint density at radius 3 is 2.51 bits per heavy atom. The van der Waals surface area contributed by atoms with Crippen LogP contribution in [0.4, 0.5) is 13.2 Å². The van der Waals surface area contributed by atoms with Gasteiger partial charge in [-0.3, -0.25) is 24.0 Å². The maximum Gasteiger partial charge on any atom is 0.309 e. The van der Waals surface area contributed by atoms with Gasteiger partial charge in [-0.2, -0.15) is 4.39 Å². The lowest BCUT2D eigenvalue weighted by atomic mass is 9.91. The molecule has 14 heteroatoms. The van der Waals surface area contributed by atoms with E-state index < -0.39 is 88.8 Å². The van der Waals surface area contributed by atoms with E-state index in [0.717, 1.165) is 6.42 Å². The lowest BCUT2D eigenvalue weighted by molar-refractivity contribution is -0.142. The van der Waals surface area contributed by atoms with Crippen molar-refractivity contribution in [1.82, 2.24) is 21.3 Å². The summed E-state index contributed by atoms with van der Waals surface area (Å²) in [6.45, 7) is 3.57. The van der Waals surface area contributed by atoms with Crippen LogP contribution >= 0.6 is 0 Å². The molecule has 1 aromatic rings. The molecular weight excluding hydrogens is 549 g/mol. The third-order valence-corrected chi connectivity index (χ3v) is 7.34. The van der Waals surface area contributed by atoms with Crippen LogP contribution in [0.15, 0.2) is 6.07 Å². The normalized spacial score (nSPS) is 24.9. The molecule has 1 unspecified atom stereocenters. The van der Waals surface area contributed by atoms with Crippen LogP contribution in [0.5, 0.6) is 5.75 Å². The zero-order valence-electron chi connectivity index (χ0n) is 22.7. The summed E-state index contributed by atoms with van der Waals surface area (Å²) in [6, 6.07) is -3.53. The van der Waals surface area contributed by atoms with E-state index in [2.05, 4.69) is 21.3 Å².